The first-order chi connectivity index (χ1) is 8.79. The number of aromatic nitrogens is 1. The Bertz CT molecular complexity index is 566. The Morgan fingerprint density at radius 2 is 2.17 bits per heavy atom. The lowest BCUT2D eigenvalue weighted by atomic mass is 10.1. The van der Waals surface area contributed by atoms with Crippen LogP contribution in [0.1, 0.15) is 0 Å². The largest absolute Gasteiger partial charge is 0.497 e. The monoisotopic (exact) mass is 243 g/mol. The molecular weight excluding hydrogens is 226 g/mol. The van der Waals surface area contributed by atoms with Crippen LogP contribution in [0.4, 0.5) is 5.82 Å². The molecule has 1 N–H and O–H groups in total. The van der Waals surface area contributed by atoms with Crippen molar-refractivity contribution in [3.63, 3.8) is 0 Å². The Hall–Kier alpha value is -1.81. The summed E-state index contributed by atoms with van der Waals surface area (Å²) < 4.78 is 5.26. The van der Waals surface area contributed by atoms with Gasteiger partial charge in [0.2, 0.25) is 0 Å². The van der Waals surface area contributed by atoms with Crippen molar-refractivity contribution in [2.45, 2.75) is 6.04 Å². The van der Waals surface area contributed by atoms with Crippen molar-refractivity contribution in [3.8, 4) is 5.75 Å². The van der Waals surface area contributed by atoms with Gasteiger partial charge in [0, 0.05) is 31.7 Å². The number of likely N-dealkylation sites (N-methyl/N-ethyl adjacent to an activating group) is 1. The predicted octanol–water partition coefficient (Wildman–Crippen LogP) is 1.65. The molecule has 1 aromatic carbocycles. The van der Waals surface area contributed by atoms with Gasteiger partial charge in [-0.25, -0.2) is 4.98 Å². The van der Waals surface area contributed by atoms with Crippen LogP contribution in [0.5, 0.6) is 5.75 Å². The minimum atomic E-state index is 0.546. The number of anilines is 1. The summed E-state index contributed by atoms with van der Waals surface area (Å²) in [6.45, 7) is 2.06. The molecule has 0 bridgehead atoms. The molecule has 1 aliphatic heterocycles. The third-order valence-corrected chi connectivity index (χ3v) is 3.59. The van der Waals surface area contributed by atoms with Crippen LogP contribution in [-0.2, 0) is 0 Å². The first-order valence-electron chi connectivity index (χ1n) is 6.16. The Kier molecular flexibility index (Phi) is 2.80. The van der Waals surface area contributed by atoms with Crippen LogP contribution in [-0.4, -0.2) is 38.3 Å². The third-order valence-electron chi connectivity index (χ3n) is 3.59. The van der Waals surface area contributed by atoms with Crippen LogP contribution >= 0.6 is 0 Å². The van der Waals surface area contributed by atoms with Gasteiger partial charge in [-0.1, -0.05) is 0 Å². The Morgan fingerprint density at radius 1 is 1.33 bits per heavy atom. The number of rotatable bonds is 3. The van der Waals surface area contributed by atoms with Gasteiger partial charge < -0.3 is 15.0 Å². The average Bonchev–Trinajstić information content (AvgIpc) is 2.35. The smallest absolute Gasteiger partial charge is 0.136 e. The fraction of sp³-hybridized carbons (Fsp3) is 0.357. The third kappa shape index (κ3) is 1.78. The van der Waals surface area contributed by atoms with Crippen molar-refractivity contribution in [2.24, 2.45) is 0 Å². The lowest BCUT2D eigenvalue weighted by Gasteiger charge is -2.36. The fourth-order valence-corrected chi connectivity index (χ4v) is 2.27. The highest BCUT2D eigenvalue weighted by Gasteiger charge is 2.23. The van der Waals surface area contributed by atoms with Crippen molar-refractivity contribution < 1.29 is 4.74 Å². The first kappa shape index (κ1) is 11.3. The zero-order valence-corrected chi connectivity index (χ0v) is 10.7. The highest BCUT2D eigenvalue weighted by atomic mass is 16.5. The molecule has 0 unspecified atom stereocenters. The van der Waals surface area contributed by atoms with E-state index in [4.69, 9.17) is 4.74 Å². The van der Waals surface area contributed by atoms with Gasteiger partial charge in [-0.2, -0.15) is 0 Å². The lowest BCUT2D eigenvalue weighted by molar-refractivity contribution is 0.415. The molecular formula is C14H17N3O. The van der Waals surface area contributed by atoms with Gasteiger partial charge in [0.1, 0.15) is 11.6 Å². The Morgan fingerprint density at radius 3 is 2.83 bits per heavy atom. The minimum Gasteiger partial charge on any atom is -0.497 e. The summed E-state index contributed by atoms with van der Waals surface area (Å²) >= 11 is 0. The molecule has 0 radical (unpaired) electrons. The van der Waals surface area contributed by atoms with Gasteiger partial charge in [0.05, 0.1) is 13.2 Å². The van der Waals surface area contributed by atoms with Crippen molar-refractivity contribution >= 4 is 16.6 Å². The average molecular weight is 243 g/mol. The van der Waals surface area contributed by atoms with Gasteiger partial charge in [-0.3, -0.25) is 0 Å². The number of nitrogens with zero attached hydrogens (tertiary/aromatic N) is 2. The predicted molar refractivity (Wildman–Crippen MR) is 73.4 cm³/mol. The maximum atomic E-state index is 5.26. The molecule has 94 valence electrons. The molecule has 2 aromatic rings. The molecule has 0 saturated carbocycles. The molecule has 1 saturated heterocycles. The van der Waals surface area contributed by atoms with E-state index in [0.717, 1.165) is 24.7 Å². The molecule has 2 heterocycles. The number of nitrogens with one attached hydrogen (secondary N) is 1. The van der Waals surface area contributed by atoms with Crippen molar-refractivity contribution in [1.82, 2.24) is 10.3 Å². The summed E-state index contributed by atoms with van der Waals surface area (Å²) in [7, 11) is 3.80. The van der Waals surface area contributed by atoms with E-state index in [2.05, 4.69) is 28.3 Å². The Labute approximate surface area is 107 Å². The van der Waals surface area contributed by atoms with E-state index in [1.54, 1.807) is 7.11 Å². The molecule has 3 rings (SSSR count). The second-order valence-electron chi connectivity index (χ2n) is 4.64. The van der Waals surface area contributed by atoms with Gasteiger partial charge in [0.15, 0.2) is 0 Å². The zero-order chi connectivity index (χ0) is 12.5. The van der Waals surface area contributed by atoms with Crippen molar-refractivity contribution in [2.75, 3.05) is 32.1 Å². The molecule has 0 aliphatic carbocycles. The first-order valence-corrected chi connectivity index (χ1v) is 6.16. The maximum absolute atomic E-state index is 5.26. The number of benzene rings is 1. The molecule has 4 heteroatoms. The van der Waals surface area contributed by atoms with Gasteiger partial charge in [-0.15, -0.1) is 0 Å². The summed E-state index contributed by atoms with van der Waals surface area (Å²) in [6, 6.07) is 8.69. The molecule has 1 aliphatic rings. The number of fused-ring (bicyclic) bond motifs is 1. The topological polar surface area (TPSA) is 37.4 Å². The van der Waals surface area contributed by atoms with Gasteiger partial charge >= 0.3 is 0 Å². The molecule has 0 amide bonds. The van der Waals surface area contributed by atoms with Crippen molar-refractivity contribution in [3.05, 3.63) is 30.5 Å². The van der Waals surface area contributed by atoms with E-state index < -0.39 is 0 Å². The van der Waals surface area contributed by atoms with E-state index in [1.807, 2.05) is 24.4 Å². The highest BCUT2D eigenvalue weighted by Crippen LogP contribution is 2.28. The summed E-state index contributed by atoms with van der Waals surface area (Å²) in [5, 5.41) is 5.63. The summed E-state index contributed by atoms with van der Waals surface area (Å²) in [5.41, 5.74) is 0. The SMILES string of the molecule is COc1ccc2c(N(C)C3CNC3)nccc2c1. The molecule has 0 atom stereocenters. The number of hydrogen-bond donors (Lipinski definition) is 1. The van der Waals surface area contributed by atoms with E-state index in [-0.39, 0.29) is 0 Å². The number of pyridine rings is 1. The van der Waals surface area contributed by atoms with Crippen LogP contribution in [0.3, 0.4) is 0 Å². The quantitative estimate of drug-likeness (QED) is 0.889. The number of ether oxygens (including phenoxy) is 1. The van der Waals surface area contributed by atoms with E-state index in [1.165, 1.54) is 10.8 Å². The van der Waals surface area contributed by atoms with E-state index in [9.17, 15) is 0 Å². The molecule has 1 aromatic heterocycles. The highest BCUT2D eigenvalue weighted by molar-refractivity contribution is 5.93. The van der Waals surface area contributed by atoms with Crippen LogP contribution < -0.4 is 15.0 Å². The van der Waals surface area contributed by atoms with E-state index in [0.29, 0.717) is 6.04 Å². The molecule has 1 fully saturated rings. The summed E-state index contributed by atoms with van der Waals surface area (Å²) in [5.74, 6) is 1.93. The number of methoxy groups -OCH3 is 1. The Balaban J connectivity index is 2.05. The summed E-state index contributed by atoms with van der Waals surface area (Å²) in [4.78, 5) is 6.78. The molecule has 0 spiro atoms. The normalized spacial score (nSPS) is 15.4. The number of hydrogen-bond acceptors (Lipinski definition) is 4. The minimum absolute atomic E-state index is 0.546. The second-order valence-corrected chi connectivity index (χ2v) is 4.64. The fourth-order valence-electron chi connectivity index (χ4n) is 2.27. The van der Waals surface area contributed by atoms with Crippen LogP contribution in [0, 0.1) is 0 Å². The maximum Gasteiger partial charge on any atom is 0.136 e. The standard InChI is InChI=1S/C14H17N3O/c1-17(11-8-15-9-11)14-13-4-3-12(18-2)7-10(13)5-6-16-14/h3-7,11,15H,8-9H2,1-2H3. The van der Waals surface area contributed by atoms with Crippen LogP contribution in [0.2, 0.25) is 0 Å². The van der Waals surface area contributed by atoms with Gasteiger partial charge in [-0.05, 0) is 29.7 Å². The second kappa shape index (κ2) is 4.46. The molecule has 18 heavy (non-hydrogen) atoms. The van der Waals surface area contributed by atoms with Crippen molar-refractivity contribution in [1.29, 1.82) is 0 Å². The van der Waals surface area contributed by atoms with E-state index >= 15 is 0 Å². The lowest BCUT2D eigenvalue weighted by Crippen LogP contribution is -2.56. The zero-order valence-electron chi connectivity index (χ0n) is 10.7. The summed E-state index contributed by atoms with van der Waals surface area (Å²) in [6.07, 6.45) is 1.86. The van der Waals surface area contributed by atoms with Crippen LogP contribution in [0.25, 0.3) is 10.8 Å². The van der Waals surface area contributed by atoms with Crippen LogP contribution in [0.15, 0.2) is 30.5 Å². The van der Waals surface area contributed by atoms with Gasteiger partial charge in [0.25, 0.3) is 0 Å². The molecule has 4 nitrogen and oxygen atoms in total.